The molecule has 22 heavy (non-hydrogen) atoms. The molecule has 9 nitrogen and oxygen atoms in total. The minimum Gasteiger partial charge on any atom is -0.479 e. The van der Waals surface area contributed by atoms with Gasteiger partial charge >= 0.3 is 5.97 Å². The molecule has 9 heteroatoms. The van der Waals surface area contributed by atoms with E-state index in [1.807, 2.05) is 0 Å². The molecule has 2 rings (SSSR count). The highest BCUT2D eigenvalue weighted by molar-refractivity contribution is 5.82. The lowest BCUT2D eigenvalue weighted by molar-refractivity contribution is -0.153. The molecule has 0 saturated carbocycles. The number of aliphatic hydroxyl groups excluding tert-OH is 2. The average Bonchev–Trinajstić information content (AvgIpc) is 2.90. The van der Waals surface area contributed by atoms with Crippen LogP contribution in [-0.4, -0.2) is 59.6 Å². The number of anilines is 1. The number of aliphatic hydroxyl groups is 2. The van der Waals surface area contributed by atoms with Crippen molar-refractivity contribution in [3.05, 3.63) is 12.7 Å². The van der Waals surface area contributed by atoms with Gasteiger partial charge < -0.3 is 25.2 Å². The van der Waals surface area contributed by atoms with Crippen LogP contribution in [0.3, 0.4) is 0 Å². The summed E-state index contributed by atoms with van der Waals surface area (Å²) in [6.45, 7) is 2.71. The molecule has 0 amide bonds. The van der Waals surface area contributed by atoms with E-state index in [1.165, 1.54) is 17.2 Å². The molecule has 0 aromatic carbocycles. The molecule has 0 unspecified atom stereocenters. The molecule has 2 atom stereocenters. The van der Waals surface area contributed by atoms with E-state index in [0.29, 0.717) is 17.0 Å². The number of rotatable bonds is 8. The number of carboxylic acids is 1. The second-order valence-corrected chi connectivity index (χ2v) is 4.92. The fraction of sp³-hybridized carbons (Fsp3) is 0.538. The summed E-state index contributed by atoms with van der Waals surface area (Å²) in [6, 6.07) is 0. The number of nitrogens with one attached hydrogen (secondary N) is 1. The summed E-state index contributed by atoms with van der Waals surface area (Å²) in [5.74, 6) is -0.890. The number of carbonyl (C=O) groups is 1. The first kappa shape index (κ1) is 16.1. The Morgan fingerprint density at radius 3 is 2.82 bits per heavy atom. The number of carboxylic acid groups (broad SMARTS) is 1. The van der Waals surface area contributed by atoms with Gasteiger partial charge in [0.15, 0.2) is 17.6 Å². The second-order valence-electron chi connectivity index (χ2n) is 4.92. The first-order valence-electron chi connectivity index (χ1n) is 7.03. The largest absolute Gasteiger partial charge is 0.479 e. The molecule has 0 radical (unpaired) electrons. The van der Waals surface area contributed by atoms with Crippen molar-refractivity contribution in [1.82, 2.24) is 19.5 Å². The predicted molar refractivity (Wildman–Crippen MR) is 78.4 cm³/mol. The van der Waals surface area contributed by atoms with Gasteiger partial charge in [-0.15, -0.1) is 0 Å². The van der Waals surface area contributed by atoms with Crippen LogP contribution in [0.2, 0.25) is 0 Å². The molecular weight excluding hydrogens is 290 g/mol. The Bertz CT molecular complexity index is 644. The van der Waals surface area contributed by atoms with Crippen LogP contribution in [0.1, 0.15) is 19.8 Å². The minimum atomic E-state index is -1.86. The molecule has 2 aromatic rings. The molecule has 0 aliphatic rings. The van der Waals surface area contributed by atoms with Crippen molar-refractivity contribution in [1.29, 1.82) is 0 Å². The molecule has 2 heterocycles. The van der Waals surface area contributed by atoms with Crippen LogP contribution in [0.25, 0.3) is 11.2 Å². The fourth-order valence-corrected chi connectivity index (χ4v) is 1.99. The van der Waals surface area contributed by atoms with E-state index < -0.39 is 18.2 Å². The van der Waals surface area contributed by atoms with Crippen LogP contribution in [0.15, 0.2) is 12.7 Å². The Morgan fingerprint density at radius 2 is 2.14 bits per heavy atom. The van der Waals surface area contributed by atoms with Crippen molar-refractivity contribution in [3.63, 3.8) is 0 Å². The summed E-state index contributed by atoms with van der Waals surface area (Å²) in [5, 5.41) is 30.9. The molecular formula is C13H19N5O4. The second kappa shape index (κ2) is 7.14. The van der Waals surface area contributed by atoms with Gasteiger partial charge in [0.05, 0.1) is 12.9 Å². The summed E-state index contributed by atoms with van der Waals surface area (Å²) in [4.78, 5) is 23.1. The Kier molecular flexibility index (Phi) is 5.23. The number of unbranched alkanes of at least 4 members (excludes halogenated alkanes) is 1. The van der Waals surface area contributed by atoms with Crippen molar-refractivity contribution in [2.75, 3.05) is 11.9 Å². The van der Waals surface area contributed by atoms with Crippen molar-refractivity contribution < 1.29 is 20.1 Å². The van der Waals surface area contributed by atoms with Crippen molar-refractivity contribution in [3.8, 4) is 0 Å². The summed E-state index contributed by atoms with van der Waals surface area (Å²) < 4.78 is 1.48. The topological polar surface area (TPSA) is 133 Å². The zero-order valence-corrected chi connectivity index (χ0v) is 12.2. The van der Waals surface area contributed by atoms with Crippen LogP contribution in [0, 0.1) is 0 Å². The molecule has 0 fully saturated rings. The SMILES string of the molecule is CCCCNc1ncnc2c1ncn2C[C@@H](O)[C@@H](O)C(=O)O. The van der Waals surface area contributed by atoms with Gasteiger partial charge in [-0.1, -0.05) is 13.3 Å². The molecule has 4 N–H and O–H groups in total. The maximum absolute atomic E-state index is 10.7. The quantitative estimate of drug-likeness (QED) is 0.494. The van der Waals surface area contributed by atoms with E-state index in [1.54, 1.807) is 0 Å². The number of aromatic nitrogens is 4. The molecule has 0 spiro atoms. The number of nitrogens with zero attached hydrogens (tertiary/aromatic N) is 4. The van der Waals surface area contributed by atoms with E-state index >= 15 is 0 Å². The van der Waals surface area contributed by atoms with Gasteiger partial charge in [0.1, 0.15) is 17.9 Å². The Morgan fingerprint density at radius 1 is 1.36 bits per heavy atom. The smallest absolute Gasteiger partial charge is 0.335 e. The van der Waals surface area contributed by atoms with Gasteiger partial charge in [-0.3, -0.25) is 0 Å². The molecule has 0 bridgehead atoms. The molecule has 0 saturated heterocycles. The van der Waals surface area contributed by atoms with E-state index in [4.69, 9.17) is 5.11 Å². The first-order valence-corrected chi connectivity index (χ1v) is 7.03. The molecule has 0 aliphatic heterocycles. The number of aliphatic carboxylic acids is 1. The Labute approximate surface area is 126 Å². The maximum Gasteiger partial charge on any atom is 0.335 e. The summed E-state index contributed by atoms with van der Waals surface area (Å²) in [7, 11) is 0. The third-order valence-electron chi connectivity index (χ3n) is 3.23. The molecule has 120 valence electrons. The van der Waals surface area contributed by atoms with Crippen LogP contribution in [0.4, 0.5) is 5.82 Å². The molecule has 2 aromatic heterocycles. The first-order chi connectivity index (χ1) is 10.5. The highest BCUT2D eigenvalue weighted by Gasteiger charge is 2.24. The van der Waals surface area contributed by atoms with Crippen LogP contribution in [0.5, 0.6) is 0 Å². The third kappa shape index (κ3) is 3.49. The molecule has 0 aliphatic carbocycles. The standard InChI is InChI=1S/C13H19N5O4/c1-2-3-4-14-11-9-12(16-6-15-11)18(7-17-9)5-8(19)10(20)13(21)22/h6-8,10,19-20H,2-5H2,1H3,(H,21,22)(H,14,15,16)/t8-,10-/m1/s1. The number of hydrogen-bond donors (Lipinski definition) is 4. The minimum absolute atomic E-state index is 0.130. The van der Waals surface area contributed by atoms with Gasteiger partial charge in [-0.2, -0.15) is 0 Å². The summed E-state index contributed by atoms with van der Waals surface area (Å²) in [5.41, 5.74) is 1.00. The lowest BCUT2D eigenvalue weighted by Gasteiger charge is -2.14. The zero-order chi connectivity index (χ0) is 16.1. The third-order valence-corrected chi connectivity index (χ3v) is 3.23. The average molecular weight is 309 g/mol. The van der Waals surface area contributed by atoms with Crippen molar-refractivity contribution in [2.24, 2.45) is 0 Å². The number of hydrogen-bond acceptors (Lipinski definition) is 7. The van der Waals surface area contributed by atoms with Gasteiger partial charge in [0.2, 0.25) is 0 Å². The maximum atomic E-state index is 10.7. The van der Waals surface area contributed by atoms with Gasteiger partial charge in [0, 0.05) is 6.54 Å². The van der Waals surface area contributed by atoms with Crippen LogP contribution < -0.4 is 5.32 Å². The van der Waals surface area contributed by atoms with Crippen LogP contribution in [-0.2, 0) is 11.3 Å². The van der Waals surface area contributed by atoms with Crippen molar-refractivity contribution in [2.45, 2.75) is 38.5 Å². The van der Waals surface area contributed by atoms with E-state index in [9.17, 15) is 15.0 Å². The zero-order valence-electron chi connectivity index (χ0n) is 12.2. The lowest BCUT2D eigenvalue weighted by atomic mass is 10.2. The van der Waals surface area contributed by atoms with Crippen LogP contribution >= 0.6 is 0 Å². The predicted octanol–water partition coefficient (Wildman–Crippen LogP) is -0.155. The number of fused-ring (bicyclic) bond motifs is 1. The van der Waals surface area contributed by atoms with E-state index in [2.05, 4.69) is 27.2 Å². The monoisotopic (exact) mass is 309 g/mol. The van der Waals surface area contributed by atoms with Gasteiger partial charge in [-0.25, -0.2) is 19.7 Å². The summed E-state index contributed by atoms with van der Waals surface area (Å²) in [6.07, 6.45) is 1.53. The van der Waals surface area contributed by atoms with Gasteiger partial charge in [-0.05, 0) is 6.42 Å². The Hall–Kier alpha value is -2.26. The Balaban J connectivity index is 2.19. The summed E-state index contributed by atoms with van der Waals surface area (Å²) >= 11 is 0. The normalized spacial score (nSPS) is 14.0. The highest BCUT2D eigenvalue weighted by atomic mass is 16.4. The van der Waals surface area contributed by atoms with Gasteiger partial charge in [0.25, 0.3) is 0 Å². The van der Waals surface area contributed by atoms with E-state index in [0.717, 1.165) is 19.4 Å². The number of imidazole rings is 1. The lowest BCUT2D eigenvalue weighted by Crippen LogP contribution is -2.36. The van der Waals surface area contributed by atoms with Crippen molar-refractivity contribution >= 4 is 23.0 Å². The van der Waals surface area contributed by atoms with E-state index in [-0.39, 0.29) is 6.54 Å². The highest BCUT2D eigenvalue weighted by Crippen LogP contribution is 2.18. The fourth-order valence-electron chi connectivity index (χ4n) is 1.99.